The fourth-order valence-electron chi connectivity index (χ4n) is 2.44. The van der Waals surface area contributed by atoms with Gasteiger partial charge in [-0.25, -0.2) is 14.8 Å². The number of hydrogen-bond acceptors (Lipinski definition) is 6. The number of amides is 1. The van der Waals surface area contributed by atoms with Gasteiger partial charge < -0.3 is 15.4 Å². The highest BCUT2D eigenvalue weighted by molar-refractivity contribution is 5.95. The van der Waals surface area contributed by atoms with E-state index in [1.165, 1.54) is 6.92 Å². The van der Waals surface area contributed by atoms with Crippen molar-refractivity contribution < 1.29 is 14.3 Å². The molecule has 0 atom stereocenters. The molecule has 0 unspecified atom stereocenters. The van der Waals surface area contributed by atoms with E-state index in [0.29, 0.717) is 17.0 Å². The van der Waals surface area contributed by atoms with E-state index in [-0.39, 0.29) is 18.3 Å². The molecule has 7 nitrogen and oxygen atoms in total. The van der Waals surface area contributed by atoms with Crippen LogP contribution in [0.25, 0.3) is 10.9 Å². The van der Waals surface area contributed by atoms with Crippen molar-refractivity contribution in [2.75, 3.05) is 17.2 Å². The number of anilines is 3. The van der Waals surface area contributed by atoms with Crippen molar-refractivity contribution in [2.24, 2.45) is 0 Å². The molecule has 0 bridgehead atoms. The summed E-state index contributed by atoms with van der Waals surface area (Å²) in [6.07, 6.45) is 0. The summed E-state index contributed by atoms with van der Waals surface area (Å²) < 4.78 is 5.00. The first-order chi connectivity index (χ1) is 12.6. The Bertz CT molecular complexity index is 955. The van der Waals surface area contributed by atoms with Gasteiger partial charge in [0.25, 0.3) is 0 Å². The molecule has 1 heterocycles. The average molecular weight is 350 g/mol. The zero-order chi connectivity index (χ0) is 18.5. The molecule has 3 rings (SSSR count). The molecule has 0 saturated heterocycles. The van der Waals surface area contributed by atoms with Crippen molar-refractivity contribution >= 4 is 40.0 Å². The van der Waals surface area contributed by atoms with Gasteiger partial charge >= 0.3 is 5.97 Å². The third-order valence-corrected chi connectivity index (χ3v) is 3.53. The first-order valence-electron chi connectivity index (χ1n) is 8.15. The minimum absolute atomic E-state index is 0.00270. The maximum absolute atomic E-state index is 12.0. The molecule has 0 radical (unpaired) electrons. The number of esters is 1. The smallest absolute Gasteiger partial charge is 0.376 e. The molecule has 7 heteroatoms. The Hall–Kier alpha value is -3.48. The fourth-order valence-corrected chi connectivity index (χ4v) is 2.44. The van der Waals surface area contributed by atoms with Crippen molar-refractivity contribution in [3.05, 3.63) is 54.4 Å². The lowest BCUT2D eigenvalue weighted by atomic mass is 10.2. The number of carbonyl (C=O) groups excluding carboxylic acids is 2. The van der Waals surface area contributed by atoms with Gasteiger partial charge in [0.05, 0.1) is 12.1 Å². The summed E-state index contributed by atoms with van der Waals surface area (Å²) >= 11 is 0. The van der Waals surface area contributed by atoms with Gasteiger partial charge in [0.1, 0.15) is 5.82 Å². The molecule has 0 saturated carbocycles. The monoisotopic (exact) mass is 350 g/mol. The van der Waals surface area contributed by atoms with E-state index in [4.69, 9.17) is 4.74 Å². The van der Waals surface area contributed by atoms with E-state index in [1.807, 2.05) is 36.4 Å². The number of aromatic nitrogens is 2. The fraction of sp³-hybridized carbons (Fsp3) is 0.158. The van der Waals surface area contributed by atoms with E-state index >= 15 is 0 Å². The third-order valence-electron chi connectivity index (χ3n) is 3.53. The van der Waals surface area contributed by atoms with Gasteiger partial charge in [0.2, 0.25) is 11.7 Å². The molecule has 0 aliphatic heterocycles. The number of hydrogen-bond donors (Lipinski definition) is 2. The Morgan fingerprint density at radius 3 is 2.38 bits per heavy atom. The summed E-state index contributed by atoms with van der Waals surface area (Å²) in [6, 6.07) is 14.6. The molecular formula is C19H18N4O3. The molecule has 132 valence electrons. The predicted octanol–water partition coefficient (Wildman–Crippen LogP) is 3.51. The number of nitrogens with zero attached hydrogens (tertiary/aromatic N) is 2. The van der Waals surface area contributed by atoms with Crippen LogP contribution in [-0.4, -0.2) is 28.5 Å². The van der Waals surface area contributed by atoms with Gasteiger partial charge in [0, 0.05) is 23.7 Å². The Morgan fingerprint density at radius 2 is 1.69 bits per heavy atom. The number of benzene rings is 2. The number of fused-ring (bicyclic) bond motifs is 1. The standard InChI is InChI=1S/C19H18N4O3/c1-3-26-19(25)18-22-16-7-5-4-6-15(16)17(23-18)21-14-10-8-13(9-11-14)20-12(2)24/h4-11H,3H2,1-2H3,(H,20,24)(H,21,22,23). The van der Waals surface area contributed by atoms with Crippen LogP contribution in [0.15, 0.2) is 48.5 Å². The number of ether oxygens (including phenoxy) is 1. The van der Waals surface area contributed by atoms with Crippen LogP contribution in [0.3, 0.4) is 0 Å². The van der Waals surface area contributed by atoms with Crippen LogP contribution < -0.4 is 10.6 Å². The van der Waals surface area contributed by atoms with Crippen molar-refractivity contribution in [3.8, 4) is 0 Å². The predicted molar refractivity (Wildman–Crippen MR) is 99.5 cm³/mol. The minimum atomic E-state index is -0.567. The first-order valence-corrected chi connectivity index (χ1v) is 8.15. The van der Waals surface area contributed by atoms with Gasteiger partial charge in [-0.2, -0.15) is 0 Å². The van der Waals surface area contributed by atoms with Crippen molar-refractivity contribution in [1.82, 2.24) is 9.97 Å². The molecule has 3 aromatic rings. The third kappa shape index (κ3) is 3.94. The highest BCUT2D eigenvalue weighted by Gasteiger charge is 2.15. The van der Waals surface area contributed by atoms with E-state index in [1.54, 1.807) is 19.1 Å². The lowest BCUT2D eigenvalue weighted by Crippen LogP contribution is -2.11. The highest BCUT2D eigenvalue weighted by Crippen LogP contribution is 2.25. The number of para-hydroxylation sites is 1. The van der Waals surface area contributed by atoms with Gasteiger partial charge in [0.15, 0.2) is 0 Å². The quantitative estimate of drug-likeness (QED) is 0.684. The Kier molecular flexibility index (Phi) is 5.07. The van der Waals surface area contributed by atoms with Crippen molar-refractivity contribution in [3.63, 3.8) is 0 Å². The maximum Gasteiger partial charge on any atom is 0.376 e. The lowest BCUT2D eigenvalue weighted by Gasteiger charge is -2.11. The first kappa shape index (κ1) is 17.3. The van der Waals surface area contributed by atoms with Gasteiger partial charge in [-0.1, -0.05) is 12.1 Å². The van der Waals surface area contributed by atoms with Crippen LogP contribution in [0.5, 0.6) is 0 Å². The average Bonchev–Trinajstić information content (AvgIpc) is 2.63. The van der Waals surface area contributed by atoms with Crippen molar-refractivity contribution in [2.45, 2.75) is 13.8 Å². The van der Waals surface area contributed by atoms with Crippen LogP contribution in [0.4, 0.5) is 17.2 Å². The number of rotatable bonds is 5. The summed E-state index contributed by atoms with van der Waals surface area (Å²) in [5.74, 6) is -0.192. The van der Waals surface area contributed by atoms with Crippen LogP contribution in [0, 0.1) is 0 Å². The van der Waals surface area contributed by atoms with Crippen LogP contribution in [0.1, 0.15) is 24.5 Å². The summed E-state index contributed by atoms with van der Waals surface area (Å²) in [7, 11) is 0. The summed E-state index contributed by atoms with van der Waals surface area (Å²) in [5, 5.41) is 6.69. The molecule has 2 N–H and O–H groups in total. The summed E-state index contributed by atoms with van der Waals surface area (Å²) in [6.45, 7) is 3.44. The summed E-state index contributed by atoms with van der Waals surface area (Å²) in [5.41, 5.74) is 2.10. The van der Waals surface area contributed by atoms with Gasteiger partial charge in [-0.15, -0.1) is 0 Å². The second kappa shape index (κ2) is 7.60. The van der Waals surface area contributed by atoms with Gasteiger partial charge in [-0.05, 0) is 43.3 Å². The molecule has 0 aliphatic rings. The highest BCUT2D eigenvalue weighted by atomic mass is 16.5. The lowest BCUT2D eigenvalue weighted by molar-refractivity contribution is -0.114. The molecule has 26 heavy (non-hydrogen) atoms. The molecular weight excluding hydrogens is 332 g/mol. The Labute approximate surface area is 150 Å². The van der Waals surface area contributed by atoms with Crippen LogP contribution in [-0.2, 0) is 9.53 Å². The molecule has 1 amide bonds. The topological polar surface area (TPSA) is 93.2 Å². The van der Waals surface area contributed by atoms with Crippen molar-refractivity contribution in [1.29, 1.82) is 0 Å². The number of carbonyl (C=O) groups is 2. The van der Waals surface area contributed by atoms with E-state index in [9.17, 15) is 9.59 Å². The van der Waals surface area contributed by atoms with Crippen LogP contribution in [0.2, 0.25) is 0 Å². The van der Waals surface area contributed by atoms with E-state index in [0.717, 1.165) is 11.1 Å². The molecule has 0 spiro atoms. The van der Waals surface area contributed by atoms with E-state index in [2.05, 4.69) is 20.6 Å². The SMILES string of the molecule is CCOC(=O)c1nc(Nc2ccc(NC(C)=O)cc2)c2ccccc2n1. The largest absolute Gasteiger partial charge is 0.460 e. The zero-order valence-corrected chi connectivity index (χ0v) is 14.4. The molecule has 2 aromatic carbocycles. The van der Waals surface area contributed by atoms with Gasteiger partial charge in [-0.3, -0.25) is 4.79 Å². The molecule has 1 aromatic heterocycles. The Balaban J connectivity index is 1.95. The molecule has 0 aliphatic carbocycles. The summed E-state index contributed by atoms with van der Waals surface area (Å²) in [4.78, 5) is 31.7. The number of nitrogens with one attached hydrogen (secondary N) is 2. The Morgan fingerprint density at radius 1 is 1.00 bits per heavy atom. The molecule has 0 fully saturated rings. The maximum atomic E-state index is 12.0. The normalized spacial score (nSPS) is 10.4. The minimum Gasteiger partial charge on any atom is -0.460 e. The van der Waals surface area contributed by atoms with Crippen LogP contribution >= 0.6 is 0 Å². The second-order valence-corrected chi connectivity index (χ2v) is 5.52. The zero-order valence-electron chi connectivity index (χ0n) is 14.4. The second-order valence-electron chi connectivity index (χ2n) is 5.52. The van der Waals surface area contributed by atoms with E-state index < -0.39 is 5.97 Å².